The Hall–Kier alpha value is -1.59. The summed E-state index contributed by atoms with van der Waals surface area (Å²) in [4.78, 5) is 16.9. The molecule has 0 atom stereocenters. The molecule has 19 heavy (non-hydrogen) atoms. The SMILES string of the molecule is CN(C(=O)CCCl)/C(=C/Nc1cccnc1)C(=N)Cl. The summed E-state index contributed by atoms with van der Waals surface area (Å²) >= 11 is 11.2. The van der Waals surface area contributed by atoms with Crippen molar-refractivity contribution in [3.8, 4) is 0 Å². The van der Waals surface area contributed by atoms with Gasteiger partial charge in [-0.2, -0.15) is 0 Å². The molecule has 0 fully saturated rings. The number of aromatic nitrogens is 1. The molecule has 102 valence electrons. The first kappa shape index (κ1) is 15.5. The van der Waals surface area contributed by atoms with Crippen LogP contribution in [0.2, 0.25) is 0 Å². The van der Waals surface area contributed by atoms with Gasteiger partial charge in [0.15, 0.2) is 0 Å². The number of allylic oxidation sites excluding steroid dienone is 1. The van der Waals surface area contributed by atoms with Gasteiger partial charge in [0.2, 0.25) is 5.91 Å². The number of nitrogens with one attached hydrogen (secondary N) is 2. The largest absolute Gasteiger partial charge is 0.358 e. The number of hydrogen-bond acceptors (Lipinski definition) is 4. The second kappa shape index (κ2) is 7.76. The molecule has 0 spiro atoms. The number of carbonyl (C=O) groups is 1. The number of carbonyl (C=O) groups excluding carboxylic acids is 1. The van der Waals surface area contributed by atoms with Crippen molar-refractivity contribution in [2.75, 3.05) is 18.2 Å². The highest BCUT2D eigenvalue weighted by atomic mass is 35.5. The molecule has 0 saturated heterocycles. The Morgan fingerprint density at radius 1 is 1.63 bits per heavy atom. The molecule has 0 bridgehead atoms. The lowest BCUT2D eigenvalue weighted by molar-refractivity contribution is -0.127. The van der Waals surface area contributed by atoms with Crippen molar-refractivity contribution in [1.82, 2.24) is 9.88 Å². The third-order valence-corrected chi connectivity index (χ3v) is 2.69. The van der Waals surface area contributed by atoms with Crippen LogP contribution >= 0.6 is 23.2 Å². The fraction of sp³-hybridized carbons (Fsp3) is 0.250. The summed E-state index contributed by atoms with van der Waals surface area (Å²) in [6.07, 6.45) is 4.94. The van der Waals surface area contributed by atoms with E-state index in [1.54, 1.807) is 31.6 Å². The van der Waals surface area contributed by atoms with Crippen molar-refractivity contribution in [1.29, 1.82) is 5.41 Å². The molecule has 0 unspecified atom stereocenters. The average molecular weight is 301 g/mol. The highest BCUT2D eigenvalue weighted by Gasteiger charge is 2.15. The summed E-state index contributed by atoms with van der Waals surface area (Å²) in [5, 5.41) is 10.2. The molecule has 1 amide bonds. The maximum Gasteiger partial charge on any atom is 0.228 e. The fourth-order valence-corrected chi connectivity index (χ4v) is 1.63. The van der Waals surface area contributed by atoms with Gasteiger partial charge in [0.1, 0.15) is 5.17 Å². The van der Waals surface area contributed by atoms with Crippen molar-refractivity contribution in [3.05, 3.63) is 36.4 Å². The van der Waals surface area contributed by atoms with E-state index in [0.29, 0.717) is 0 Å². The van der Waals surface area contributed by atoms with Gasteiger partial charge < -0.3 is 10.2 Å². The number of rotatable bonds is 6. The topological polar surface area (TPSA) is 69.1 Å². The number of anilines is 1. The Kier molecular flexibility index (Phi) is 6.32. The van der Waals surface area contributed by atoms with Crippen LogP contribution in [0, 0.1) is 5.41 Å². The molecule has 0 aromatic carbocycles. The second-order valence-corrected chi connectivity index (χ2v) is 4.38. The smallest absolute Gasteiger partial charge is 0.228 e. The third kappa shape index (κ3) is 4.89. The highest BCUT2D eigenvalue weighted by Crippen LogP contribution is 2.11. The standard InChI is InChI=1S/C12H14Cl2N4O/c1-18(11(19)4-5-13)10(12(14)15)8-17-9-3-2-6-16-7-9/h2-3,6-8,15,17H,4-5H2,1H3/b10-8+,15-12?. The molecule has 0 aliphatic carbocycles. The molecule has 7 heteroatoms. The van der Waals surface area contributed by atoms with Crippen LogP contribution in [0.5, 0.6) is 0 Å². The zero-order valence-electron chi connectivity index (χ0n) is 10.4. The Labute approximate surface area is 121 Å². The van der Waals surface area contributed by atoms with E-state index in [2.05, 4.69) is 10.3 Å². The molecular weight excluding hydrogens is 287 g/mol. The third-order valence-electron chi connectivity index (χ3n) is 2.31. The Morgan fingerprint density at radius 3 is 2.89 bits per heavy atom. The van der Waals surface area contributed by atoms with E-state index in [4.69, 9.17) is 28.6 Å². The van der Waals surface area contributed by atoms with E-state index >= 15 is 0 Å². The average Bonchev–Trinajstić information content (AvgIpc) is 2.39. The van der Waals surface area contributed by atoms with Gasteiger partial charge in [-0.3, -0.25) is 15.2 Å². The predicted molar refractivity (Wildman–Crippen MR) is 77.6 cm³/mol. The molecular formula is C12H14Cl2N4O. The summed E-state index contributed by atoms with van der Waals surface area (Å²) in [6.45, 7) is 0. The zero-order chi connectivity index (χ0) is 14.3. The van der Waals surface area contributed by atoms with Crippen molar-refractivity contribution >= 4 is 40.0 Å². The van der Waals surface area contributed by atoms with Gasteiger partial charge in [-0.25, -0.2) is 0 Å². The van der Waals surface area contributed by atoms with E-state index in [0.717, 1.165) is 5.69 Å². The summed E-state index contributed by atoms with van der Waals surface area (Å²) in [7, 11) is 1.54. The second-order valence-electron chi connectivity index (χ2n) is 3.62. The minimum absolute atomic E-state index is 0.187. The van der Waals surface area contributed by atoms with E-state index in [1.165, 1.54) is 11.1 Å². The molecule has 0 saturated carbocycles. The summed E-state index contributed by atoms with van der Waals surface area (Å²) in [5.74, 6) is 0.0156. The van der Waals surface area contributed by atoms with E-state index in [-0.39, 0.29) is 29.1 Å². The number of nitrogens with zero attached hydrogens (tertiary/aromatic N) is 2. The van der Waals surface area contributed by atoms with Crippen LogP contribution in [0.25, 0.3) is 0 Å². The first-order valence-corrected chi connectivity index (χ1v) is 6.41. The van der Waals surface area contributed by atoms with Crippen LogP contribution < -0.4 is 5.32 Å². The number of amides is 1. The van der Waals surface area contributed by atoms with Gasteiger partial charge in [-0.15, -0.1) is 11.6 Å². The Balaban J connectivity index is 2.83. The van der Waals surface area contributed by atoms with Crippen molar-refractivity contribution < 1.29 is 4.79 Å². The molecule has 0 aliphatic rings. The zero-order valence-corrected chi connectivity index (χ0v) is 11.9. The van der Waals surface area contributed by atoms with Crippen LogP contribution in [0.1, 0.15) is 6.42 Å². The first-order valence-electron chi connectivity index (χ1n) is 5.50. The van der Waals surface area contributed by atoms with E-state index < -0.39 is 0 Å². The van der Waals surface area contributed by atoms with Crippen LogP contribution in [0.3, 0.4) is 0 Å². The number of halogens is 2. The molecule has 1 heterocycles. The van der Waals surface area contributed by atoms with Crippen molar-refractivity contribution in [2.45, 2.75) is 6.42 Å². The van der Waals surface area contributed by atoms with Gasteiger partial charge in [0.25, 0.3) is 0 Å². The molecule has 1 aromatic rings. The Morgan fingerprint density at radius 2 is 2.37 bits per heavy atom. The number of pyridine rings is 1. The maximum absolute atomic E-state index is 11.7. The maximum atomic E-state index is 11.7. The van der Waals surface area contributed by atoms with Crippen LogP contribution in [0.15, 0.2) is 36.4 Å². The lowest BCUT2D eigenvalue weighted by atomic mass is 10.3. The van der Waals surface area contributed by atoms with Crippen molar-refractivity contribution in [2.24, 2.45) is 0 Å². The van der Waals surface area contributed by atoms with Gasteiger partial charge in [-0.05, 0) is 12.1 Å². The quantitative estimate of drug-likeness (QED) is 0.627. The minimum Gasteiger partial charge on any atom is -0.358 e. The van der Waals surface area contributed by atoms with Gasteiger partial charge in [0, 0.05) is 31.7 Å². The summed E-state index contributed by atoms with van der Waals surface area (Å²) in [6, 6.07) is 3.57. The van der Waals surface area contributed by atoms with Gasteiger partial charge >= 0.3 is 0 Å². The van der Waals surface area contributed by atoms with Gasteiger partial charge in [-0.1, -0.05) is 11.6 Å². The number of alkyl halides is 1. The molecule has 1 aromatic heterocycles. The van der Waals surface area contributed by atoms with E-state index in [1.807, 2.05) is 0 Å². The molecule has 2 N–H and O–H groups in total. The molecule has 0 aliphatic heterocycles. The predicted octanol–water partition coefficient (Wildman–Crippen LogP) is 2.64. The van der Waals surface area contributed by atoms with Crippen molar-refractivity contribution in [3.63, 3.8) is 0 Å². The normalized spacial score (nSPS) is 11.0. The lowest BCUT2D eigenvalue weighted by Crippen LogP contribution is -2.29. The van der Waals surface area contributed by atoms with E-state index in [9.17, 15) is 4.79 Å². The highest BCUT2D eigenvalue weighted by molar-refractivity contribution is 6.68. The van der Waals surface area contributed by atoms with Crippen LogP contribution in [-0.4, -0.2) is 33.9 Å². The molecule has 1 rings (SSSR count). The minimum atomic E-state index is -0.234. The lowest BCUT2D eigenvalue weighted by Gasteiger charge is -2.19. The fourth-order valence-electron chi connectivity index (χ4n) is 1.29. The Bertz CT molecular complexity index is 476. The molecule has 5 nitrogen and oxygen atoms in total. The summed E-state index contributed by atoms with van der Waals surface area (Å²) in [5.41, 5.74) is 0.997. The van der Waals surface area contributed by atoms with Crippen LogP contribution in [0.4, 0.5) is 5.69 Å². The molecule has 0 radical (unpaired) electrons. The number of hydrogen-bond donors (Lipinski definition) is 2. The first-order chi connectivity index (χ1) is 9.06. The van der Waals surface area contributed by atoms with Gasteiger partial charge in [0.05, 0.1) is 17.6 Å². The summed E-state index contributed by atoms with van der Waals surface area (Å²) < 4.78 is 0. The van der Waals surface area contributed by atoms with Crippen LogP contribution in [-0.2, 0) is 4.79 Å². The monoisotopic (exact) mass is 300 g/mol.